The van der Waals surface area contributed by atoms with Crippen LogP contribution in [0.3, 0.4) is 0 Å². The second-order valence-electron chi connectivity index (χ2n) is 2.63. The van der Waals surface area contributed by atoms with E-state index >= 15 is 0 Å². The maximum atomic E-state index is 10.2. The highest BCUT2D eigenvalue weighted by atomic mass is 16.4. The minimum atomic E-state index is -0.942. The number of rotatable bonds is 4. The summed E-state index contributed by atoms with van der Waals surface area (Å²) in [5.41, 5.74) is 0. The summed E-state index contributed by atoms with van der Waals surface area (Å²) in [6.45, 7) is 3.63. The first-order valence-electron chi connectivity index (χ1n) is 3.36. The topological polar surface area (TPSA) is 66.7 Å². The number of hydrogen-bond acceptors (Lipinski definition) is 3. The van der Waals surface area contributed by atoms with Crippen molar-refractivity contribution in [2.75, 3.05) is 0 Å². The van der Waals surface area contributed by atoms with Crippen molar-refractivity contribution in [2.45, 2.75) is 26.3 Å². The lowest BCUT2D eigenvalue weighted by atomic mass is 10.0. The molecule has 1 atom stereocenters. The van der Waals surface area contributed by atoms with Crippen molar-refractivity contribution < 1.29 is 14.7 Å². The van der Waals surface area contributed by atoms with Gasteiger partial charge in [-0.05, 0) is 5.92 Å². The molecule has 4 nitrogen and oxygen atoms in total. The second kappa shape index (κ2) is 4.63. The Hall–Kier alpha value is -1.15. The Morgan fingerprint density at radius 2 is 2.18 bits per heavy atom. The molecule has 4 heteroatoms. The van der Waals surface area contributed by atoms with E-state index in [9.17, 15) is 9.59 Å². The van der Waals surface area contributed by atoms with Crippen LogP contribution in [-0.4, -0.2) is 23.2 Å². The molecule has 0 fully saturated rings. The predicted octanol–water partition coefficient (Wildman–Crippen LogP) is 0.821. The Kier molecular flexibility index (Phi) is 4.15. The van der Waals surface area contributed by atoms with Crippen molar-refractivity contribution in [2.24, 2.45) is 10.9 Å². The van der Waals surface area contributed by atoms with E-state index in [0.29, 0.717) is 0 Å². The average Bonchev–Trinajstić information content (AvgIpc) is 1.86. The van der Waals surface area contributed by atoms with Crippen molar-refractivity contribution in [3.8, 4) is 0 Å². The van der Waals surface area contributed by atoms with Gasteiger partial charge in [0.2, 0.25) is 6.08 Å². The van der Waals surface area contributed by atoms with Gasteiger partial charge in [0.1, 0.15) is 0 Å². The first kappa shape index (κ1) is 9.85. The predicted molar refractivity (Wildman–Crippen MR) is 39.0 cm³/mol. The Morgan fingerprint density at radius 1 is 1.64 bits per heavy atom. The number of carboxylic acid groups (broad SMARTS) is 1. The number of aliphatic carboxylic acids is 1. The molecular formula is C7H11NO3. The van der Waals surface area contributed by atoms with Crippen LogP contribution in [-0.2, 0) is 9.59 Å². The van der Waals surface area contributed by atoms with Crippen LogP contribution >= 0.6 is 0 Å². The van der Waals surface area contributed by atoms with Gasteiger partial charge in [-0.2, -0.15) is 0 Å². The molecule has 0 radical (unpaired) electrons. The van der Waals surface area contributed by atoms with Crippen LogP contribution in [0.15, 0.2) is 4.99 Å². The zero-order valence-electron chi connectivity index (χ0n) is 6.57. The number of carbonyl (C=O) groups is 1. The molecule has 0 heterocycles. The Morgan fingerprint density at radius 3 is 2.45 bits per heavy atom. The molecular weight excluding hydrogens is 146 g/mol. The van der Waals surface area contributed by atoms with Crippen molar-refractivity contribution in [3.05, 3.63) is 0 Å². The minimum Gasteiger partial charge on any atom is -0.481 e. The van der Waals surface area contributed by atoms with E-state index in [-0.39, 0.29) is 12.3 Å². The highest BCUT2D eigenvalue weighted by molar-refractivity contribution is 5.67. The van der Waals surface area contributed by atoms with Gasteiger partial charge in [0.15, 0.2) is 0 Å². The van der Waals surface area contributed by atoms with Gasteiger partial charge in [0.05, 0.1) is 12.5 Å². The monoisotopic (exact) mass is 157 g/mol. The van der Waals surface area contributed by atoms with E-state index in [1.54, 1.807) is 0 Å². The fourth-order valence-corrected chi connectivity index (χ4v) is 0.677. The van der Waals surface area contributed by atoms with Gasteiger partial charge in [0, 0.05) is 0 Å². The first-order valence-corrected chi connectivity index (χ1v) is 3.36. The van der Waals surface area contributed by atoms with Crippen LogP contribution in [0, 0.1) is 5.92 Å². The van der Waals surface area contributed by atoms with E-state index in [2.05, 4.69) is 4.99 Å². The highest BCUT2D eigenvalue weighted by Gasteiger charge is 2.15. The minimum absolute atomic E-state index is 0.0625. The van der Waals surface area contributed by atoms with E-state index < -0.39 is 12.0 Å². The summed E-state index contributed by atoms with van der Waals surface area (Å²) < 4.78 is 0. The molecule has 11 heavy (non-hydrogen) atoms. The van der Waals surface area contributed by atoms with Gasteiger partial charge in [0.25, 0.3) is 0 Å². The second-order valence-corrected chi connectivity index (χ2v) is 2.63. The lowest BCUT2D eigenvalue weighted by molar-refractivity contribution is -0.137. The fourth-order valence-electron chi connectivity index (χ4n) is 0.677. The highest BCUT2D eigenvalue weighted by Crippen LogP contribution is 2.09. The molecule has 0 spiro atoms. The third-order valence-electron chi connectivity index (χ3n) is 1.37. The number of nitrogens with zero attached hydrogens (tertiary/aromatic N) is 1. The fraction of sp³-hybridized carbons (Fsp3) is 0.714. The molecule has 1 N–H and O–H groups in total. The number of aliphatic imine (C=N–C) groups is 1. The summed E-state index contributed by atoms with van der Waals surface area (Å²) in [6, 6.07) is -0.440. The maximum absolute atomic E-state index is 10.2. The molecule has 0 aromatic heterocycles. The van der Waals surface area contributed by atoms with E-state index in [0.717, 1.165) is 0 Å². The Labute approximate surface area is 64.9 Å². The summed E-state index contributed by atoms with van der Waals surface area (Å²) in [5, 5.41) is 8.37. The summed E-state index contributed by atoms with van der Waals surface area (Å²) >= 11 is 0. The Bertz CT molecular complexity index is 182. The van der Waals surface area contributed by atoms with Crippen molar-refractivity contribution in [1.29, 1.82) is 0 Å². The SMILES string of the molecule is CC(C)C(CC(=O)O)N=C=O. The van der Waals surface area contributed by atoms with Gasteiger partial charge in [-0.25, -0.2) is 9.79 Å². The molecule has 62 valence electrons. The summed E-state index contributed by atoms with van der Waals surface area (Å²) in [5.74, 6) is -0.879. The quantitative estimate of drug-likeness (QED) is 0.485. The maximum Gasteiger partial charge on any atom is 0.305 e. The van der Waals surface area contributed by atoms with E-state index in [1.807, 2.05) is 13.8 Å². The lowest BCUT2D eigenvalue weighted by Gasteiger charge is -2.10. The first-order chi connectivity index (χ1) is 5.07. The molecule has 0 rings (SSSR count). The van der Waals surface area contributed by atoms with Gasteiger partial charge in [-0.3, -0.25) is 4.79 Å². The van der Waals surface area contributed by atoms with Crippen molar-refractivity contribution in [3.63, 3.8) is 0 Å². The van der Waals surface area contributed by atoms with Crippen LogP contribution in [0.5, 0.6) is 0 Å². The zero-order chi connectivity index (χ0) is 8.85. The molecule has 0 saturated carbocycles. The number of carbonyl (C=O) groups excluding carboxylic acids is 1. The van der Waals surface area contributed by atoms with Crippen LogP contribution in [0.2, 0.25) is 0 Å². The van der Waals surface area contributed by atoms with Gasteiger partial charge >= 0.3 is 5.97 Å². The van der Waals surface area contributed by atoms with Gasteiger partial charge in [-0.1, -0.05) is 13.8 Å². The van der Waals surface area contributed by atoms with Crippen LogP contribution in [0.1, 0.15) is 20.3 Å². The Balaban J connectivity index is 4.10. The molecule has 0 aromatic carbocycles. The molecule has 0 amide bonds. The molecule has 0 aromatic rings. The largest absolute Gasteiger partial charge is 0.481 e. The number of carboxylic acids is 1. The molecule has 0 aliphatic carbocycles. The summed E-state index contributed by atoms with van der Waals surface area (Å²) in [4.78, 5) is 23.4. The van der Waals surface area contributed by atoms with Gasteiger partial charge in [-0.15, -0.1) is 0 Å². The van der Waals surface area contributed by atoms with Gasteiger partial charge < -0.3 is 5.11 Å². The standard InChI is InChI=1S/C7H11NO3/c1-5(2)6(8-4-9)3-7(10)11/h5-6H,3H2,1-2H3,(H,10,11). The molecule has 1 unspecified atom stereocenters. The van der Waals surface area contributed by atoms with E-state index in [1.165, 1.54) is 6.08 Å². The number of isocyanates is 1. The normalized spacial score (nSPS) is 12.3. The third kappa shape index (κ3) is 4.28. The van der Waals surface area contributed by atoms with Crippen LogP contribution < -0.4 is 0 Å². The van der Waals surface area contributed by atoms with Crippen LogP contribution in [0.25, 0.3) is 0 Å². The molecule has 0 bridgehead atoms. The van der Waals surface area contributed by atoms with Crippen molar-refractivity contribution >= 4 is 12.0 Å². The number of hydrogen-bond donors (Lipinski definition) is 1. The lowest BCUT2D eigenvalue weighted by Crippen LogP contribution is -2.17. The molecule has 0 aliphatic heterocycles. The smallest absolute Gasteiger partial charge is 0.305 e. The van der Waals surface area contributed by atoms with Crippen LogP contribution in [0.4, 0.5) is 0 Å². The zero-order valence-corrected chi connectivity index (χ0v) is 6.57. The summed E-state index contributed by atoms with van der Waals surface area (Å²) in [6.07, 6.45) is 1.26. The van der Waals surface area contributed by atoms with Crippen molar-refractivity contribution in [1.82, 2.24) is 0 Å². The average molecular weight is 157 g/mol. The molecule has 0 aliphatic rings. The third-order valence-corrected chi connectivity index (χ3v) is 1.37. The van der Waals surface area contributed by atoms with E-state index in [4.69, 9.17) is 5.11 Å². The summed E-state index contributed by atoms with van der Waals surface area (Å²) in [7, 11) is 0. The molecule has 0 saturated heterocycles.